The summed E-state index contributed by atoms with van der Waals surface area (Å²) in [5.41, 5.74) is 24.1. The summed E-state index contributed by atoms with van der Waals surface area (Å²) in [6, 6.07) is 55.9. The third-order valence-electron chi connectivity index (χ3n) is 12.6. The van der Waals surface area contributed by atoms with E-state index >= 15 is 0 Å². The van der Waals surface area contributed by atoms with Gasteiger partial charge in [0.25, 0.3) is 0 Å². The topological polar surface area (TPSA) is 6.48 Å². The lowest BCUT2D eigenvalue weighted by Crippen LogP contribution is -2.58. The van der Waals surface area contributed by atoms with Gasteiger partial charge in [0.1, 0.15) is 0 Å². The van der Waals surface area contributed by atoms with Crippen molar-refractivity contribution in [2.24, 2.45) is 0 Å². The molecule has 0 saturated heterocycles. The summed E-state index contributed by atoms with van der Waals surface area (Å²) in [5.74, 6) is 0. The van der Waals surface area contributed by atoms with Crippen molar-refractivity contribution in [1.82, 2.24) is 0 Å². The number of anilines is 6. The predicted molar refractivity (Wildman–Crippen MR) is 233 cm³/mol. The first-order chi connectivity index (χ1) is 26.1. The van der Waals surface area contributed by atoms with E-state index in [2.05, 4.69) is 197 Å². The van der Waals surface area contributed by atoms with Crippen molar-refractivity contribution in [3.05, 3.63) is 157 Å². The molecule has 258 valence electrons. The van der Waals surface area contributed by atoms with Crippen molar-refractivity contribution in [2.75, 3.05) is 9.80 Å². The first-order valence-corrected chi connectivity index (χ1v) is 19.5. The molecule has 0 N–H and O–H groups in total. The third-order valence-corrected chi connectivity index (χ3v) is 12.6. The van der Waals surface area contributed by atoms with Gasteiger partial charge < -0.3 is 9.80 Å². The molecule has 54 heavy (non-hydrogen) atoms. The lowest BCUT2D eigenvalue weighted by atomic mass is 9.34. The van der Waals surface area contributed by atoms with E-state index in [0.29, 0.717) is 0 Å². The first kappa shape index (κ1) is 31.8. The van der Waals surface area contributed by atoms with Crippen molar-refractivity contribution in [1.29, 1.82) is 0 Å². The molecule has 0 radical (unpaired) electrons. The molecule has 4 heterocycles. The Morgan fingerprint density at radius 1 is 0.352 bits per heavy atom. The average Bonchev–Trinajstić information content (AvgIpc) is 3.69. The average molecular weight is 693 g/mol. The third kappa shape index (κ3) is 4.31. The summed E-state index contributed by atoms with van der Waals surface area (Å²) >= 11 is 0. The number of rotatable bonds is 2. The number of fused-ring (bicyclic) bond motifs is 10. The Hall–Kier alpha value is -5.73. The summed E-state index contributed by atoms with van der Waals surface area (Å²) < 4.78 is 0. The molecule has 0 fully saturated rings. The highest BCUT2D eigenvalue weighted by Gasteiger charge is 2.47. The minimum atomic E-state index is 0.0770. The molecular formula is C50H42B2N2. The van der Waals surface area contributed by atoms with Crippen LogP contribution in [-0.2, 0) is 10.8 Å². The second-order valence-electron chi connectivity index (χ2n) is 17.8. The van der Waals surface area contributed by atoms with E-state index < -0.39 is 0 Å². The Labute approximate surface area is 320 Å². The van der Waals surface area contributed by atoms with E-state index in [1.807, 2.05) is 0 Å². The molecule has 0 spiro atoms. The summed E-state index contributed by atoms with van der Waals surface area (Å²) in [5, 5.41) is 0. The largest absolute Gasteiger partial charge is 0.312 e. The van der Waals surface area contributed by atoms with Gasteiger partial charge in [0, 0.05) is 34.1 Å². The van der Waals surface area contributed by atoms with Gasteiger partial charge in [-0.2, -0.15) is 0 Å². The van der Waals surface area contributed by atoms with Crippen LogP contribution in [0, 0.1) is 0 Å². The van der Waals surface area contributed by atoms with Crippen LogP contribution in [-0.4, -0.2) is 13.4 Å². The Kier molecular flexibility index (Phi) is 6.42. The standard InChI is InChI=1S/C50H42B2N2/c1-49(2,3)31-21-25-33(26-22-31)53-43-19-11-15-37-35-13-7-9-17-39(35)51(47(37)43)41-30-46-42(29-45(41)53)52-40-18-10-8-14-36(40)38-16-12-20-44(48(38)52)54(46)34-27-23-32(24-28-34)50(4,5)6/h7-30H,1-6H3. The van der Waals surface area contributed by atoms with E-state index in [4.69, 9.17) is 0 Å². The van der Waals surface area contributed by atoms with Crippen LogP contribution >= 0.6 is 0 Å². The molecule has 2 nitrogen and oxygen atoms in total. The summed E-state index contributed by atoms with van der Waals surface area (Å²) in [7, 11) is 0. The molecule has 4 heteroatoms. The normalized spacial score (nSPS) is 14.3. The van der Waals surface area contributed by atoms with Gasteiger partial charge >= 0.3 is 0 Å². The molecule has 7 aromatic rings. The zero-order valence-electron chi connectivity index (χ0n) is 31.9. The quantitative estimate of drug-likeness (QED) is 0.167. The van der Waals surface area contributed by atoms with Crippen molar-refractivity contribution in [3.8, 4) is 22.3 Å². The zero-order chi connectivity index (χ0) is 36.7. The zero-order valence-corrected chi connectivity index (χ0v) is 31.9. The molecule has 0 bridgehead atoms. The number of benzene rings is 7. The van der Waals surface area contributed by atoms with Gasteiger partial charge in [-0.15, -0.1) is 0 Å². The van der Waals surface area contributed by atoms with E-state index in [1.165, 1.54) is 100 Å². The van der Waals surface area contributed by atoms with Gasteiger partial charge in [0.2, 0.25) is 13.4 Å². The molecule has 11 rings (SSSR count). The minimum Gasteiger partial charge on any atom is -0.312 e. The van der Waals surface area contributed by atoms with Gasteiger partial charge in [0.05, 0.1) is 0 Å². The van der Waals surface area contributed by atoms with Crippen LogP contribution in [0.5, 0.6) is 0 Å². The fourth-order valence-electron chi connectivity index (χ4n) is 10.0. The first-order valence-electron chi connectivity index (χ1n) is 19.5. The van der Waals surface area contributed by atoms with Crippen molar-refractivity contribution >= 4 is 80.3 Å². The van der Waals surface area contributed by atoms with Crippen LogP contribution in [0.2, 0.25) is 0 Å². The van der Waals surface area contributed by atoms with Crippen molar-refractivity contribution in [3.63, 3.8) is 0 Å². The van der Waals surface area contributed by atoms with Crippen LogP contribution in [0.3, 0.4) is 0 Å². The smallest absolute Gasteiger partial charge is 0.248 e. The number of nitrogens with zero attached hydrogens (tertiary/aromatic N) is 2. The Morgan fingerprint density at radius 2 is 0.722 bits per heavy atom. The fourth-order valence-corrected chi connectivity index (χ4v) is 10.0. The monoisotopic (exact) mass is 692 g/mol. The summed E-state index contributed by atoms with van der Waals surface area (Å²) in [6.07, 6.45) is 0. The van der Waals surface area contributed by atoms with Crippen LogP contribution in [0.15, 0.2) is 146 Å². The maximum Gasteiger partial charge on any atom is 0.248 e. The second kappa shape index (κ2) is 10.9. The molecule has 0 saturated carbocycles. The van der Waals surface area contributed by atoms with E-state index in [1.54, 1.807) is 0 Å². The number of hydrogen-bond donors (Lipinski definition) is 0. The van der Waals surface area contributed by atoms with E-state index in [-0.39, 0.29) is 24.3 Å². The molecular weight excluding hydrogens is 650 g/mol. The molecule has 4 aliphatic rings. The molecule has 0 aliphatic carbocycles. The Morgan fingerprint density at radius 3 is 1.11 bits per heavy atom. The van der Waals surface area contributed by atoms with Gasteiger partial charge in [-0.25, -0.2) is 0 Å². The van der Waals surface area contributed by atoms with Crippen molar-refractivity contribution < 1.29 is 0 Å². The summed E-state index contributed by atoms with van der Waals surface area (Å²) in [6.45, 7) is 14.1. The van der Waals surface area contributed by atoms with Crippen LogP contribution in [0.25, 0.3) is 22.3 Å². The van der Waals surface area contributed by atoms with Crippen molar-refractivity contribution in [2.45, 2.75) is 52.4 Å². The summed E-state index contributed by atoms with van der Waals surface area (Å²) in [4.78, 5) is 5.13. The lowest BCUT2D eigenvalue weighted by molar-refractivity contribution is 0.590. The molecule has 0 atom stereocenters. The molecule has 0 amide bonds. The maximum absolute atomic E-state index is 2.57. The predicted octanol–water partition coefficient (Wildman–Crippen LogP) is 8.84. The Bertz CT molecular complexity index is 2510. The molecule has 0 unspecified atom stereocenters. The van der Waals surface area contributed by atoms with E-state index in [9.17, 15) is 0 Å². The lowest BCUT2D eigenvalue weighted by Gasteiger charge is -2.41. The second-order valence-corrected chi connectivity index (χ2v) is 17.8. The highest BCUT2D eigenvalue weighted by atomic mass is 15.2. The van der Waals surface area contributed by atoms with E-state index in [0.717, 1.165) is 0 Å². The van der Waals surface area contributed by atoms with Crippen LogP contribution in [0.1, 0.15) is 52.7 Å². The number of hydrogen-bond acceptors (Lipinski definition) is 2. The fraction of sp³-hybridized carbons (Fsp3) is 0.160. The minimum absolute atomic E-state index is 0.0770. The van der Waals surface area contributed by atoms with Gasteiger partial charge in [0.15, 0.2) is 0 Å². The highest BCUT2D eigenvalue weighted by molar-refractivity contribution is 7.03. The SMILES string of the molecule is CC(C)(C)c1ccc(N2c3cc4c(cc3B3c5ccccc5-c5cccc2c53)N(c2ccc(C(C)(C)C)cc2)c2cccc3c2B4c2ccccc2-3)cc1. The van der Waals surface area contributed by atoms with Gasteiger partial charge in [-0.05, 0) is 115 Å². The van der Waals surface area contributed by atoms with Crippen LogP contribution in [0.4, 0.5) is 34.1 Å². The molecule has 7 aromatic carbocycles. The highest BCUT2D eigenvalue weighted by Crippen LogP contribution is 2.45. The maximum atomic E-state index is 2.57. The van der Waals surface area contributed by atoms with Gasteiger partial charge in [-0.1, -0.05) is 150 Å². The van der Waals surface area contributed by atoms with Gasteiger partial charge in [-0.3, -0.25) is 0 Å². The van der Waals surface area contributed by atoms with Crippen LogP contribution < -0.4 is 42.6 Å². The Balaban J connectivity index is 1.22. The molecule has 4 aliphatic heterocycles. The molecule has 0 aromatic heterocycles.